The normalized spacial score (nSPS) is 10.6. The number of alkyl halides is 1. The quantitative estimate of drug-likeness (QED) is 0.531. The highest BCUT2D eigenvalue weighted by Gasteiger charge is 2.11. The van der Waals surface area contributed by atoms with E-state index in [0.29, 0.717) is 13.0 Å². The van der Waals surface area contributed by atoms with Crippen LogP contribution in [0.15, 0.2) is 17.0 Å². The SMILES string of the molecule is COc1cc(SCCCCCF)c(OC)cc1CCN. The number of nitrogens with two attached hydrogens (primary N) is 1. The molecule has 114 valence electrons. The van der Waals surface area contributed by atoms with Crippen LogP contribution in [0.4, 0.5) is 4.39 Å². The van der Waals surface area contributed by atoms with Gasteiger partial charge in [0.25, 0.3) is 0 Å². The second kappa shape index (κ2) is 9.88. The number of unbranched alkanes of at least 4 members (excludes halogenated alkanes) is 2. The summed E-state index contributed by atoms with van der Waals surface area (Å²) in [6.45, 7) is 0.352. The molecule has 0 aliphatic heterocycles. The summed E-state index contributed by atoms with van der Waals surface area (Å²) in [5, 5.41) is 0. The van der Waals surface area contributed by atoms with Crippen molar-refractivity contribution in [3.63, 3.8) is 0 Å². The Morgan fingerprint density at radius 1 is 1.10 bits per heavy atom. The molecule has 0 aromatic heterocycles. The molecule has 0 amide bonds. The average molecular weight is 301 g/mol. The monoisotopic (exact) mass is 301 g/mol. The summed E-state index contributed by atoms with van der Waals surface area (Å²) in [5.41, 5.74) is 6.67. The fourth-order valence-corrected chi connectivity index (χ4v) is 3.00. The first-order valence-corrected chi connectivity index (χ1v) is 7.89. The van der Waals surface area contributed by atoms with Crippen LogP contribution in [0.3, 0.4) is 0 Å². The molecule has 0 spiro atoms. The zero-order valence-corrected chi connectivity index (χ0v) is 13.1. The van der Waals surface area contributed by atoms with Crippen LogP contribution in [0.5, 0.6) is 11.5 Å². The van der Waals surface area contributed by atoms with Crippen molar-refractivity contribution in [1.82, 2.24) is 0 Å². The molecule has 20 heavy (non-hydrogen) atoms. The molecule has 0 bridgehead atoms. The van der Waals surface area contributed by atoms with Gasteiger partial charge < -0.3 is 15.2 Å². The minimum absolute atomic E-state index is 0.227. The summed E-state index contributed by atoms with van der Waals surface area (Å²) < 4.78 is 22.9. The van der Waals surface area contributed by atoms with Crippen LogP contribution in [-0.4, -0.2) is 33.2 Å². The van der Waals surface area contributed by atoms with Crippen molar-refractivity contribution in [1.29, 1.82) is 0 Å². The highest BCUT2D eigenvalue weighted by molar-refractivity contribution is 7.99. The maximum absolute atomic E-state index is 12.0. The molecule has 0 fully saturated rings. The fourth-order valence-electron chi connectivity index (χ4n) is 1.95. The van der Waals surface area contributed by atoms with Crippen molar-refractivity contribution in [2.75, 3.05) is 33.2 Å². The number of ether oxygens (including phenoxy) is 2. The molecular formula is C15H24FNO2S. The summed E-state index contributed by atoms with van der Waals surface area (Å²) in [5.74, 6) is 2.66. The minimum atomic E-state index is -0.227. The summed E-state index contributed by atoms with van der Waals surface area (Å²) >= 11 is 1.72. The van der Waals surface area contributed by atoms with E-state index < -0.39 is 0 Å². The van der Waals surface area contributed by atoms with Gasteiger partial charge in [-0.3, -0.25) is 4.39 Å². The van der Waals surface area contributed by atoms with E-state index in [-0.39, 0.29) is 6.67 Å². The van der Waals surface area contributed by atoms with Crippen LogP contribution in [0.2, 0.25) is 0 Å². The van der Waals surface area contributed by atoms with E-state index in [0.717, 1.165) is 47.0 Å². The second-order valence-corrected chi connectivity index (χ2v) is 5.59. The van der Waals surface area contributed by atoms with Gasteiger partial charge in [-0.1, -0.05) is 6.42 Å². The summed E-state index contributed by atoms with van der Waals surface area (Å²) in [6.07, 6.45) is 3.34. The van der Waals surface area contributed by atoms with Crippen molar-refractivity contribution in [2.45, 2.75) is 30.6 Å². The molecule has 1 aromatic rings. The molecule has 0 saturated heterocycles. The Kier molecular flexibility index (Phi) is 8.46. The average Bonchev–Trinajstić information content (AvgIpc) is 2.47. The lowest BCUT2D eigenvalue weighted by Gasteiger charge is -2.14. The largest absolute Gasteiger partial charge is 0.496 e. The molecular weight excluding hydrogens is 277 g/mol. The van der Waals surface area contributed by atoms with Crippen molar-refractivity contribution < 1.29 is 13.9 Å². The smallest absolute Gasteiger partial charge is 0.132 e. The van der Waals surface area contributed by atoms with E-state index in [1.54, 1.807) is 26.0 Å². The van der Waals surface area contributed by atoms with Gasteiger partial charge in [-0.2, -0.15) is 0 Å². The highest BCUT2D eigenvalue weighted by Crippen LogP contribution is 2.36. The Bertz CT molecular complexity index is 402. The van der Waals surface area contributed by atoms with E-state index in [9.17, 15) is 4.39 Å². The summed E-state index contributed by atoms with van der Waals surface area (Å²) in [7, 11) is 3.33. The van der Waals surface area contributed by atoms with E-state index in [2.05, 4.69) is 0 Å². The van der Waals surface area contributed by atoms with E-state index >= 15 is 0 Å². The standard InChI is InChI=1S/C15H24FNO2S/c1-18-13-11-15(20-9-5-3-4-7-16)14(19-2)10-12(13)6-8-17/h10-11H,3-9,17H2,1-2H3. The Morgan fingerprint density at radius 2 is 1.85 bits per heavy atom. The van der Waals surface area contributed by atoms with Gasteiger partial charge in [-0.15, -0.1) is 11.8 Å². The molecule has 0 aliphatic rings. The van der Waals surface area contributed by atoms with Gasteiger partial charge in [-0.05, 0) is 49.3 Å². The number of halogens is 1. The Morgan fingerprint density at radius 3 is 2.45 bits per heavy atom. The van der Waals surface area contributed by atoms with E-state index in [1.807, 2.05) is 12.1 Å². The Labute approximate surface area is 125 Å². The number of benzene rings is 1. The first-order valence-electron chi connectivity index (χ1n) is 6.90. The van der Waals surface area contributed by atoms with Gasteiger partial charge in [0.05, 0.1) is 25.8 Å². The predicted molar refractivity (Wildman–Crippen MR) is 82.9 cm³/mol. The molecule has 0 aliphatic carbocycles. The zero-order chi connectivity index (χ0) is 14.8. The fraction of sp³-hybridized carbons (Fsp3) is 0.600. The van der Waals surface area contributed by atoms with Crippen LogP contribution in [-0.2, 0) is 6.42 Å². The lowest BCUT2D eigenvalue weighted by Crippen LogP contribution is -2.05. The molecule has 2 N–H and O–H groups in total. The van der Waals surface area contributed by atoms with Crippen LogP contribution < -0.4 is 15.2 Å². The third-order valence-electron chi connectivity index (χ3n) is 3.02. The van der Waals surface area contributed by atoms with Gasteiger partial charge in [-0.25, -0.2) is 0 Å². The molecule has 0 heterocycles. The first kappa shape index (κ1) is 17.1. The summed E-state index contributed by atoms with van der Waals surface area (Å²) in [6, 6.07) is 4.00. The lowest BCUT2D eigenvalue weighted by atomic mass is 10.1. The molecule has 0 saturated carbocycles. The Balaban J connectivity index is 2.73. The molecule has 5 heteroatoms. The third kappa shape index (κ3) is 5.21. The molecule has 3 nitrogen and oxygen atoms in total. The predicted octanol–water partition coefficient (Wildman–Crippen LogP) is 3.44. The minimum Gasteiger partial charge on any atom is -0.496 e. The highest BCUT2D eigenvalue weighted by atomic mass is 32.2. The molecule has 1 aromatic carbocycles. The maximum Gasteiger partial charge on any atom is 0.132 e. The molecule has 0 atom stereocenters. The second-order valence-electron chi connectivity index (χ2n) is 4.45. The first-order chi connectivity index (χ1) is 9.76. The number of thioether (sulfide) groups is 1. The lowest BCUT2D eigenvalue weighted by molar-refractivity contribution is 0.390. The Hall–Kier alpha value is -0.940. The van der Waals surface area contributed by atoms with Gasteiger partial charge >= 0.3 is 0 Å². The number of rotatable bonds is 10. The van der Waals surface area contributed by atoms with Gasteiger partial charge in [0.1, 0.15) is 11.5 Å². The van der Waals surface area contributed by atoms with Crippen LogP contribution >= 0.6 is 11.8 Å². The van der Waals surface area contributed by atoms with Gasteiger partial charge in [0.2, 0.25) is 0 Å². The van der Waals surface area contributed by atoms with E-state index in [1.165, 1.54) is 0 Å². The van der Waals surface area contributed by atoms with Crippen molar-refractivity contribution in [2.24, 2.45) is 5.73 Å². The molecule has 1 rings (SSSR count). The zero-order valence-electron chi connectivity index (χ0n) is 12.3. The molecule has 0 unspecified atom stereocenters. The van der Waals surface area contributed by atoms with Crippen LogP contribution in [0.25, 0.3) is 0 Å². The molecule has 0 radical (unpaired) electrons. The van der Waals surface area contributed by atoms with E-state index in [4.69, 9.17) is 15.2 Å². The topological polar surface area (TPSA) is 44.5 Å². The van der Waals surface area contributed by atoms with Gasteiger partial charge in [0, 0.05) is 0 Å². The number of methoxy groups -OCH3 is 2. The number of hydrogen-bond acceptors (Lipinski definition) is 4. The maximum atomic E-state index is 12.0. The summed E-state index contributed by atoms with van der Waals surface area (Å²) in [4.78, 5) is 1.06. The van der Waals surface area contributed by atoms with Gasteiger partial charge in [0.15, 0.2) is 0 Å². The van der Waals surface area contributed by atoms with Crippen molar-refractivity contribution in [3.8, 4) is 11.5 Å². The number of hydrogen-bond donors (Lipinski definition) is 1. The van der Waals surface area contributed by atoms with Crippen LogP contribution in [0.1, 0.15) is 24.8 Å². The third-order valence-corrected chi connectivity index (χ3v) is 4.14. The van der Waals surface area contributed by atoms with Crippen molar-refractivity contribution >= 4 is 11.8 Å². The van der Waals surface area contributed by atoms with Crippen LogP contribution in [0, 0.1) is 0 Å². The van der Waals surface area contributed by atoms with Crippen molar-refractivity contribution in [3.05, 3.63) is 17.7 Å².